The number of rotatable bonds is 11. The maximum atomic E-state index is 11.9. The monoisotopic (exact) mass is 304 g/mol. The number of unbranched alkanes of at least 4 members (excludes halogenated alkanes) is 1. The normalized spacial score (nSPS) is 10.0. The SMILES string of the molecule is COCCN(CCC(=O)OC)C(=O)NCCCCC(=O)O. The minimum atomic E-state index is -0.846. The van der Waals surface area contributed by atoms with Crippen LogP contribution in [0.5, 0.6) is 0 Å². The fourth-order valence-corrected chi connectivity index (χ4v) is 1.55. The number of hydrogen-bond acceptors (Lipinski definition) is 5. The van der Waals surface area contributed by atoms with E-state index in [0.717, 1.165) is 0 Å². The third-order valence-corrected chi connectivity index (χ3v) is 2.76. The lowest BCUT2D eigenvalue weighted by Gasteiger charge is -2.22. The maximum absolute atomic E-state index is 11.9. The summed E-state index contributed by atoms with van der Waals surface area (Å²) in [4.78, 5) is 34.9. The van der Waals surface area contributed by atoms with Gasteiger partial charge < -0.3 is 24.8 Å². The van der Waals surface area contributed by atoms with Crippen LogP contribution in [0.3, 0.4) is 0 Å². The van der Waals surface area contributed by atoms with E-state index in [0.29, 0.717) is 32.5 Å². The Morgan fingerprint density at radius 1 is 1.10 bits per heavy atom. The molecule has 0 saturated heterocycles. The van der Waals surface area contributed by atoms with Gasteiger partial charge in [0.25, 0.3) is 0 Å². The van der Waals surface area contributed by atoms with Gasteiger partial charge in [0.2, 0.25) is 0 Å². The Morgan fingerprint density at radius 3 is 2.38 bits per heavy atom. The molecule has 0 heterocycles. The van der Waals surface area contributed by atoms with E-state index in [1.165, 1.54) is 19.1 Å². The average molecular weight is 304 g/mol. The first-order valence-electron chi connectivity index (χ1n) is 6.81. The van der Waals surface area contributed by atoms with E-state index in [1.807, 2.05) is 0 Å². The lowest BCUT2D eigenvalue weighted by atomic mass is 10.2. The number of hydrogen-bond donors (Lipinski definition) is 2. The Bertz CT molecular complexity index is 335. The number of aliphatic carboxylic acids is 1. The van der Waals surface area contributed by atoms with Crippen molar-refractivity contribution in [3.05, 3.63) is 0 Å². The Labute approximate surface area is 124 Å². The number of carbonyl (C=O) groups excluding carboxylic acids is 2. The number of amides is 2. The molecular weight excluding hydrogens is 280 g/mol. The number of urea groups is 1. The molecule has 0 atom stereocenters. The smallest absolute Gasteiger partial charge is 0.317 e. The molecule has 0 radical (unpaired) electrons. The van der Waals surface area contributed by atoms with Crippen LogP contribution in [0.1, 0.15) is 25.7 Å². The number of nitrogens with one attached hydrogen (secondary N) is 1. The fourth-order valence-electron chi connectivity index (χ4n) is 1.55. The molecule has 8 heteroatoms. The summed E-state index contributed by atoms with van der Waals surface area (Å²) in [5.41, 5.74) is 0. The highest BCUT2D eigenvalue weighted by Gasteiger charge is 2.14. The molecule has 122 valence electrons. The third kappa shape index (κ3) is 10.6. The van der Waals surface area contributed by atoms with E-state index in [4.69, 9.17) is 9.84 Å². The maximum Gasteiger partial charge on any atom is 0.317 e. The fraction of sp³-hybridized carbons (Fsp3) is 0.769. The molecule has 0 aliphatic rings. The van der Waals surface area contributed by atoms with Gasteiger partial charge in [0, 0.05) is 33.2 Å². The Hall–Kier alpha value is -1.83. The highest BCUT2D eigenvalue weighted by Crippen LogP contribution is 1.97. The third-order valence-electron chi connectivity index (χ3n) is 2.76. The molecule has 2 amide bonds. The second-order valence-electron chi connectivity index (χ2n) is 4.39. The summed E-state index contributed by atoms with van der Waals surface area (Å²) in [5.74, 6) is -1.23. The largest absolute Gasteiger partial charge is 0.481 e. The zero-order valence-corrected chi connectivity index (χ0v) is 12.6. The Kier molecular flexibility index (Phi) is 10.9. The van der Waals surface area contributed by atoms with Crippen molar-refractivity contribution in [3.63, 3.8) is 0 Å². The van der Waals surface area contributed by atoms with Gasteiger partial charge in [0.15, 0.2) is 0 Å². The van der Waals surface area contributed by atoms with Crippen LogP contribution in [0.15, 0.2) is 0 Å². The van der Waals surface area contributed by atoms with Gasteiger partial charge >= 0.3 is 18.0 Å². The first-order valence-corrected chi connectivity index (χ1v) is 6.81. The Morgan fingerprint density at radius 2 is 1.81 bits per heavy atom. The first-order chi connectivity index (χ1) is 10.0. The number of esters is 1. The topological polar surface area (TPSA) is 105 Å². The van der Waals surface area contributed by atoms with Gasteiger partial charge in [-0.05, 0) is 12.8 Å². The van der Waals surface area contributed by atoms with Crippen LogP contribution in [0.25, 0.3) is 0 Å². The highest BCUT2D eigenvalue weighted by molar-refractivity contribution is 5.75. The Balaban J connectivity index is 4.05. The minimum absolute atomic E-state index is 0.0889. The zero-order chi connectivity index (χ0) is 16.1. The molecule has 0 aromatic carbocycles. The molecule has 0 unspecified atom stereocenters. The van der Waals surface area contributed by atoms with Crippen LogP contribution < -0.4 is 5.32 Å². The first kappa shape index (κ1) is 19.2. The summed E-state index contributed by atoms with van der Waals surface area (Å²) >= 11 is 0. The summed E-state index contributed by atoms with van der Waals surface area (Å²) < 4.78 is 9.46. The van der Waals surface area contributed by atoms with Crippen molar-refractivity contribution in [2.45, 2.75) is 25.7 Å². The van der Waals surface area contributed by atoms with E-state index in [-0.39, 0.29) is 31.4 Å². The van der Waals surface area contributed by atoms with E-state index in [9.17, 15) is 14.4 Å². The molecule has 2 N–H and O–H groups in total. The van der Waals surface area contributed by atoms with Crippen LogP contribution >= 0.6 is 0 Å². The van der Waals surface area contributed by atoms with Gasteiger partial charge in [-0.15, -0.1) is 0 Å². The molecule has 0 fully saturated rings. The highest BCUT2D eigenvalue weighted by atomic mass is 16.5. The summed E-state index contributed by atoms with van der Waals surface area (Å²) in [6.07, 6.45) is 1.31. The minimum Gasteiger partial charge on any atom is -0.481 e. The molecule has 0 bridgehead atoms. The standard InChI is InChI=1S/C13H24N2O6/c1-20-10-9-15(8-6-12(18)21-2)13(19)14-7-4-3-5-11(16)17/h3-10H2,1-2H3,(H,14,19)(H,16,17). The summed E-state index contributed by atoms with van der Waals surface area (Å²) in [6, 6.07) is -0.300. The van der Waals surface area contributed by atoms with Gasteiger partial charge in [0.05, 0.1) is 20.1 Å². The number of ether oxygens (including phenoxy) is 2. The van der Waals surface area contributed by atoms with Crippen molar-refractivity contribution in [1.29, 1.82) is 0 Å². The molecular formula is C13H24N2O6. The molecule has 0 rings (SSSR count). The van der Waals surface area contributed by atoms with Gasteiger partial charge in [-0.2, -0.15) is 0 Å². The van der Waals surface area contributed by atoms with Crippen molar-refractivity contribution in [2.75, 3.05) is 40.5 Å². The van der Waals surface area contributed by atoms with Gasteiger partial charge in [-0.3, -0.25) is 9.59 Å². The lowest BCUT2D eigenvalue weighted by molar-refractivity contribution is -0.141. The van der Waals surface area contributed by atoms with Crippen molar-refractivity contribution < 1.29 is 29.0 Å². The molecule has 0 aliphatic carbocycles. The van der Waals surface area contributed by atoms with Crippen molar-refractivity contribution in [1.82, 2.24) is 10.2 Å². The quantitative estimate of drug-likeness (QED) is 0.424. The van der Waals surface area contributed by atoms with E-state index < -0.39 is 5.97 Å². The van der Waals surface area contributed by atoms with E-state index in [2.05, 4.69) is 10.1 Å². The molecule has 0 aromatic heterocycles. The molecule has 0 saturated carbocycles. The van der Waals surface area contributed by atoms with Crippen molar-refractivity contribution in [2.24, 2.45) is 0 Å². The molecule has 0 aliphatic heterocycles. The van der Waals surface area contributed by atoms with E-state index >= 15 is 0 Å². The number of methoxy groups -OCH3 is 2. The van der Waals surface area contributed by atoms with Crippen LogP contribution in [0.2, 0.25) is 0 Å². The van der Waals surface area contributed by atoms with Gasteiger partial charge in [-0.25, -0.2) is 4.79 Å². The predicted molar refractivity (Wildman–Crippen MR) is 75.0 cm³/mol. The average Bonchev–Trinajstić information content (AvgIpc) is 2.46. The van der Waals surface area contributed by atoms with Crippen LogP contribution in [-0.2, 0) is 19.1 Å². The molecule has 8 nitrogen and oxygen atoms in total. The van der Waals surface area contributed by atoms with Crippen LogP contribution in [0, 0.1) is 0 Å². The molecule has 21 heavy (non-hydrogen) atoms. The van der Waals surface area contributed by atoms with Crippen LogP contribution in [-0.4, -0.2) is 68.4 Å². The van der Waals surface area contributed by atoms with Gasteiger partial charge in [0.1, 0.15) is 0 Å². The van der Waals surface area contributed by atoms with Crippen molar-refractivity contribution >= 4 is 18.0 Å². The van der Waals surface area contributed by atoms with Crippen LogP contribution in [0.4, 0.5) is 4.79 Å². The zero-order valence-electron chi connectivity index (χ0n) is 12.6. The van der Waals surface area contributed by atoms with Crippen molar-refractivity contribution in [3.8, 4) is 0 Å². The second kappa shape index (κ2) is 12.0. The van der Waals surface area contributed by atoms with E-state index in [1.54, 1.807) is 0 Å². The number of nitrogens with zero attached hydrogens (tertiary/aromatic N) is 1. The number of carboxylic acid groups (broad SMARTS) is 1. The summed E-state index contributed by atoms with van der Waals surface area (Å²) in [5, 5.41) is 11.2. The predicted octanol–water partition coefficient (Wildman–Crippen LogP) is 0.462. The molecule has 0 spiro atoms. The second-order valence-corrected chi connectivity index (χ2v) is 4.39. The number of carbonyl (C=O) groups is 3. The molecule has 0 aromatic rings. The summed E-state index contributed by atoms with van der Waals surface area (Å²) in [7, 11) is 2.83. The summed E-state index contributed by atoms with van der Waals surface area (Å²) in [6.45, 7) is 1.38. The van der Waals surface area contributed by atoms with Gasteiger partial charge in [-0.1, -0.05) is 0 Å². The lowest BCUT2D eigenvalue weighted by Crippen LogP contribution is -2.43. The number of carboxylic acids is 1.